The molecule has 0 saturated heterocycles. The fourth-order valence-electron chi connectivity index (χ4n) is 1.80. The first-order chi connectivity index (χ1) is 8.24. The second kappa shape index (κ2) is 5.67. The molecule has 17 heavy (non-hydrogen) atoms. The monoisotopic (exact) mass is 311 g/mol. The molecular weight excluding hydrogens is 298 g/mol. The minimum atomic E-state index is 0.225. The number of nitrogens with one attached hydrogen (secondary N) is 1. The molecule has 2 nitrogen and oxygen atoms in total. The molecule has 90 valence electrons. The molecule has 1 N–H and O–H groups in total. The number of rotatable bonds is 4. The quantitative estimate of drug-likeness (QED) is 0.926. The Morgan fingerprint density at radius 2 is 1.94 bits per heavy atom. The van der Waals surface area contributed by atoms with Gasteiger partial charge in [-0.15, -0.1) is 11.3 Å². The van der Waals surface area contributed by atoms with Crippen molar-refractivity contribution >= 4 is 27.3 Å². The van der Waals surface area contributed by atoms with Gasteiger partial charge in [0.25, 0.3) is 0 Å². The molecule has 1 aromatic heterocycles. The van der Waals surface area contributed by atoms with Gasteiger partial charge in [0.1, 0.15) is 5.75 Å². The van der Waals surface area contributed by atoms with Crippen LogP contribution in [-0.4, -0.2) is 14.2 Å². The molecule has 0 radical (unpaired) electrons. The number of thiophene rings is 1. The van der Waals surface area contributed by atoms with Gasteiger partial charge in [-0.3, -0.25) is 0 Å². The first-order valence-electron chi connectivity index (χ1n) is 5.29. The van der Waals surface area contributed by atoms with E-state index in [-0.39, 0.29) is 6.04 Å². The lowest BCUT2D eigenvalue weighted by Crippen LogP contribution is -2.16. The Morgan fingerprint density at radius 3 is 2.41 bits per heavy atom. The zero-order chi connectivity index (χ0) is 12.3. The van der Waals surface area contributed by atoms with Crippen LogP contribution in [0.15, 0.2) is 39.5 Å². The van der Waals surface area contributed by atoms with Crippen LogP contribution in [-0.2, 0) is 0 Å². The molecule has 0 aliphatic heterocycles. The molecule has 0 amide bonds. The number of methoxy groups -OCH3 is 1. The first kappa shape index (κ1) is 12.6. The zero-order valence-electron chi connectivity index (χ0n) is 9.74. The van der Waals surface area contributed by atoms with E-state index >= 15 is 0 Å². The largest absolute Gasteiger partial charge is 0.497 e. The van der Waals surface area contributed by atoms with E-state index in [0.29, 0.717) is 0 Å². The van der Waals surface area contributed by atoms with Crippen LogP contribution in [0.1, 0.15) is 17.2 Å². The average Bonchev–Trinajstić information content (AvgIpc) is 2.78. The van der Waals surface area contributed by atoms with Gasteiger partial charge in [-0.05, 0) is 57.7 Å². The van der Waals surface area contributed by atoms with Crippen molar-refractivity contribution in [3.05, 3.63) is 50.6 Å². The minimum Gasteiger partial charge on any atom is -0.497 e. The predicted molar refractivity (Wildman–Crippen MR) is 75.9 cm³/mol. The summed E-state index contributed by atoms with van der Waals surface area (Å²) in [5, 5.41) is 5.49. The number of ether oxygens (including phenoxy) is 1. The maximum absolute atomic E-state index is 5.17. The van der Waals surface area contributed by atoms with Gasteiger partial charge in [0, 0.05) is 0 Å². The second-order valence-corrected chi connectivity index (χ2v) is 5.97. The minimum absolute atomic E-state index is 0.225. The van der Waals surface area contributed by atoms with Crippen molar-refractivity contribution in [1.29, 1.82) is 0 Å². The molecule has 2 rings (SSSR count). The molecular formula is C13H14BrNOS. The Kier molecular flexibility index (Phi) is 4.20. The SMILES string of the molecule is CNC(c1ccc(OC)cc1)c1csc(Br)c1. The van der Waals surface area contributed by atoms with Crippen molar-refractivity contribution in [3.8, 4) is 5.75 Å². The van der Waals surface area contributed by atoms with Gasteiger partial charge < -0.3 is 10.1 Å². The van der Waals surface area contributed by atoms with Crippen LogP contribution >= 0.6 is 27.3 Å². The lowest BCUT2D eigenvalue weighted by atomic mass is 10.0. The average molecular weight is 312 g/mol. The van der Waals surface area contributed by atoms with E-state index in [1.807, 2.05) is 19.2 Å². The topological polar surface area (TPSA) is 21.3 Å². The Labute approximate surface area is 114 Å². The highest BCUT2D eigenvalue weighted by Crippen LogP contribution is 2.29. The first-order valence-corrected chi connectivity index (χ1v) is 6.97. The van der Waals surface area contributed by atoms with Crippen molar-refractivity contribution in [3.63, 3.8) is 0 Å². The van der Waals surface area contributed by atoms with E-state index in [9.17, 15) is 0 Å². The summed E-state index contributed by atoms with van der Waals surface area (Å²) in [6, 6.07) is 10.5. The summed E-state index contributed by atoms with van der Waals surface area (Å²) in [5.74, 6) is 0.884. The summed E-state index contributed by atoms with van der Waals surface area (Å²) in [7, 11) is 3.65. The van der Waals surface area contributed by atoms with Gasteiger partial charge in [-0.1, -0.05) is 12.1 Å². The molecule has 1 atom stereocenters. The normalized spacial score (nSPS) is 12.4. The number of halogens is 1. The van der Waals surface area contributed by atoms with Crippen molar-refractivity contribution in [1.82, 2.24) is 5.32 Å². The van der Waals surface area contributed by atoms with Crippen molar-refractivity contribution in [2.24, 2.45) is 0 Å². The molecule has 4 heteroatoms. The van der Waals surface area contributed by atoms with E-state index in [4.69, 9.17) is 4.74 Å². The van der Waals surface area contributed by atoms with E-state index in [0.717, 1.165) is 9.54 Å². The number of benzene rings is 1. The molecule has 2 aromatic rings. The van der Waals surface area contributed by atoms with Gasteiger partial charge in [-0.25, -0.2) is 0 Å². The predicted octanol–water partition coefficient (Wildman–Crippen LogP) is 3.83. The third-order valence-corrected chi connectivity index (χ3v) is 4.18. The Hall–Kier alpha value is -0.840. The van der Waals surface area contributed by atoms with Crippen LogP contribution in [0.4, 0.5) is 0 Å². The summed E-state index contributed by atoms with van der Waals surface area (Å²) in [5.41, 5.74) is 2.51. The summed E-state index contributed by atoms with van der Waals surface area (Å²) in [6.07, 6.45) is 0. The standard InChI is InChI=1S/C13H14BrNOS/c1-15-13(10-7-12(14)17-8-10)9-3-5-11(16-2)6-4-9/h3-8,13,15H,1-2H3. The molecule has 1 aromatic carbocycles. The number of hydrogen-bond donors (Lipinski definition) is 1. The zero-order valence-corrected chi connectivity index (χ0v) is 12.1. The fourth-order valence-corrected chi connectivity index (χ4v) is 3.00. The maximum atomic E-state index is 5.17. The molecule has 0 saturated carbocycles. The molecule has 0 bridgehead atoms. The van der Waals surface area contributed by atoms with Crippen LogP contribution in [0.25, 0.3) is 0 Å². The van der Waals surface area contributed by atoms with E-state index in [1.165, 1.54) is 11.1 Å². The Balaban J connectivity index is 2.28. The highest BCUT2D eigenvalue weighted by Gasteiger charge is 2.13. The summed E-state index contributed by atoms with van der Waals surface area (Å²) >= 11 is 5.20. The summed E-state index contributed by atoms with van der Waals surface area (Å²) < 4.78 is 6.32. The third-order valence-electron chi connectivity index (χ3n) is 2.66. The van der Waals surface area contributed by atoms with Gasteiger partial charge >= 0.3 is 0 Å². The van der Waals surface area contributed by atoms with E-state index < -0.39 is 0 Å². The Morgan fingerprint density at radius 1 is 1.24 bits per heavy atom. The summed E-state index contributed by atoms with van der Waals surface area (Å²) in [4.78, 5) is 0. The van der Waals surface area contributed by atoms with Gasteiger partial charge in [0.2, 0.25) is 0 Å². The van der Waals surface area contributed by atoms with Crippen LogP contribution in [0.2, 0.25) is 0 Å². The fraction of sp³-hybridized carbons (Fsp3) is 0.231. The lowest BCUT2D eigenvalue weighted by molar-refractivity contribution is 0.414. The van der Waals surface area contributed by atoms with Crippen molar-refractivity contribution in [2.75, 3.05) is 14.2 Å². The number of hydrogen-bond acceptors (Lipinski definition) is 3. The van der Waals surface area contributed by atoms with Crippen molar-refractivity contribution < 1.29 is 4.74 Å². The highest BCUT2D eigenvalue weighted by molar-refractivity contribution is 9.11. The molecule has 0 aliphatic rings. The van der Waals surface area contributed by atoms with Crippen LogP contribution in [0.3, 0.4) is 0 Å². The van der Waals surface area contributed by atoms with Gasteiger partial charge in [0.15, 0.2) is 0 Å². The smallest absolute Gasteiger partial charge is 0.118 e. The van der Waals surface area contributed by atoms with Crippen LogP contribution < -0.4 is 10.1 Å². The van der Waals surface area contributed by atoms with Gasteiger partial charge in [-0.2, -0.15) is 0 Å². The second-order valence-electron chi connectivity index (χ2n) is 3.68. The molecule has 1 unspecified atom stereocenters. The third kappa shape index (κ3) is 2.89. The maximum Gasteiger partial charge on any atom is 0.118 e. The van der Waals surface area contributed by atoms with E-state index in [1.54, 1.807) is 18.4 Å². The Bertz CT molecular complexity index is 480. The molecule has 0 spiro atoms. The van der Waals surface area contributed by atoms with Gasteiger partial charge in [0.05, 0.1) is 16.9 Å². The molecule has 0 fully saturated rings. The van der Waals surface area contributed by atoms with Crippen LogP contribution in [0.5, 0.6) is 5.75 Å². The summed E-state index contributed by atoms with van der Waals surface area (Å²) in [6.45, 7) is 0. The van der Waals surface area contributed by atoms with Crippen molar-refractivity contribution in [2.45, 2.75) is 6.04 Å². The lowest BCUT2D eigenvalue weighted by Gasteiger charge is -2.15. The van der Waals surface area contributed by atoms with E-state index in [2.05, 4.69) is 44.8 Å². The molecule has 1 heterocycles. The van der Waals surface area contributed by atoms with Crippen LogP contribution in [0, 0.1) is 0 Å². The highest BCUT2D eigenvalue weighted by atomic mass is 79.9. The molecule has 0 aliphatic carbocycles.